The van der Waals surface area contributed by atoms with Crippen LogP contribution >= 0.6 is 0 Å². The van der Waals surface area contributed by atoms with E-state index in [2.05, 4.69) is 0 Å². The van der Waals surface area contributed by atoms with E-state index in [0.717, 1.165) is 33.9 Å². The van der Waals surface area contributed by atoms with Crippen LogP contribution in [0, 0.1) is 13.8 Å². The molecule has 0 aliphatic heterocycles. The lowest BCUT2D eigenvalue weighted by atomic mass is 10.0. The lowest BCUT2D eigenvalue weighted by molar-refractivity contribution is 0.0988. The molecule has 0 spiro atoms. The highest BCUT2D eigenvalue weighted by molar-refractivity contribution is 5.96. The van der Waals surface area contributed by atoms with Gasteiger partial charge >= 0.3 is 0 Å². The van der Waals surface area contributed by atoms with Gasteiger partial charge in [0.05, 0.1) is 7.11 Å². The minimum atomic E-state index is 0.150. The van der Waals surface area contributed by atoms with Crippen molar-refractivity contribution in [3.8, 4) is 17.2 Å². The van der Waals surface area contributed by atoms with Crippen LogP contribution in [0.5, 0.6) is 17.2 Å². The van der Waals surface area contributed by atoms with Gasteiger partial charge in [-0.25, -0.2) is 0 Å². The summed E-state index contributed by atoms with van der Waals surface area (Å²) in [5, 5.41) is 0. The van der Waals surface area contributed by atoms with Gasteiger partial charge in [0.1, 0.15) is 17.2 Å². The fraction of sp³-hybridized carbons (Fsp3) is 0.278. The van der Waals surface area contributed by atoms with Crippen molar-refractivity contribution in [1.82, 2.24) is 0 Å². The van der Waals surface area contributed by atoms with E-state index >= 15 is 0 Å². The van der Waals surface area contributed by atoms with E-state index in [1.54, 1.807) is 7.11 Å². The molecule has 2 aromatic rings. The molecule has 0 heterocycles. The van der Waals surface area contributed by atoms with Gasteiger partial charge in [0.15, 0.2) is 5.78 Å². The SMILES string of the molecule is CCC(=O)c1cc(C)c(Oc2ccc(OC)cc2)c(C)c1. The second-order valence-electron chi connectivity index (χ2n) is 4.99. The Morgan fingerprint density at radius 1 is 1.00 bits per heavy atom. The number of carbonyl (C=O) groups excluding carboxylic acids is 1. The molecule has 2 aromatic carbocycles. The minimum absolute atomic E-state index is 0.150. The summed E-state index contributed by atoms with van der Waals surface area (Å²) in [4.78, 5) is 11.8. The van der Waals surface area contributed by atoms with Gasteiger partial charge in [0.2, 0.25) is 0 Å². The van der Waals surface area contributed by atoms with Crippen LogP contribution in [0.3, 0.4) is 0 Å². The Morgan fingerprint density at radius 3 is 2.00 bits per heavy atom. The molecule has 0 aliphatic carbocycles. The van der Waals surface area contributed by atoms with Crippen molar-refractivity contribution in [2.45, 2.75) is 27.2 Å². The Bertz CT molecular complexity index is 619. The number of aryl methyl sites for hydroxylation is 2. The number of ketones is 1. The van der Waals surface area contributed by atoms with E-state index in [4.69, 9.17) is 9.47 Å². The summed E-state index contributed by atoms with van der Waals surface area (Å²) < 4.78 is 11.1. The first-order valence-corrected chi connectivity index (χ1v) is 7.01. The molecule has 0 N–H and O–H groups in total. The summed E-state index contributed by atoms with van der Waals surface area (Å²) in [6, 6.07) is 11.2. The molecule has 0 saturated heterocycles. The molecular weight excluding hydrogens is 264 g/mol. The van der Waals surface area contributed by atoms with Crippen LogP contribution in [0.15, 0.2) is 36.4 Å². The molecule has 2 rings (SSSR count). The molecule has 0 aliphatic rings. The summed E-state index contributed by atoms with van der Waals surface area (Å²) in [5.41, 5.74) is 2.67. The second kappa shape index (κ2) is 6.44. The van der Waals surface area contributed by atoms with E-state index < -0.39 is 0 Å². The average molecular weight is 284 g/mol. The van der Waals surface area contributed by atoms with E-state index in [1.807, 2.05) is 57.2 Å². The van der Waals surface area contributed by atoms with Gasteiger partial charge in [0.25, 0.3) is 0 Å². The van der Waals surface area contributed by atoms with Crippen LogP contribution in [0.4, 0.5) is 0 Å². The van der Waals surface area contributed by atoms with Crippen LogP contribution < -0.4 is 9.47 Å². The van der Waals surface area contributed by atoms with E-state index in [1.165, 1.54) is 0 Å². The van der Waals surface area contributed by atoms with Crippen molar-refractivity contribution in [3.63, 3.8) is 0 Å². The first-order chi connectivity index (χ1) is 10.0. The fourth-order valence-electron chi connectivity index (χ4n) is 2.24. The second-order valence-corrected chi connectivity index (χ2v) is 4.99. The zero-order valence-electron chi connectivity index (χ0n) is 12.9. The highest BCUT2D eigenvalue weighted by Gasteiger charge is 2.11. The van der Waals surface area contributed by atoms with Crippen molar-refractivity contribution < 1.29 is 14.3 Å². The van der Waals surface area contributed by atoms with Crippen molar-refractivity contribution >= 4 is 5.78 Å². The maximum atomic E-state index is 11.8. The Kier molecular flexibility index (Phi) is 4.63. The first-order valence-electron chi connectivity index (χ1n) is 7.01. The summed E-state index contributed by atoms with van der Waals surface area (Å²) >= 11 is 0. The van der Waals surface area contributed by atoms with Crippen molar-refractivity contribution in [2.24, 2.45) is 0 Å². The molecule has 0 unspecified atom stereocenters. The third-order valence-electron chi connectivity index (χ3n) is 3.38. The largest absolute Gasteiger partial charge is 0.497 e. The monoisotopic (exact) mass is 284 g/mol. The number of ether oxygens (including phenoxy) is 2. The van der Waals surface area contributed by atoms with Gasteiger partial charge in [-0.3, -0.25) is 4.79 Å². The summed E-state index contributed by atoms with van der Waals surface area (Å²) in [6.45, 7) is 5.78. The summed E-state index contributed by atoms with van der Waals surface area (Å²) in [6.07, 6.45) is 0.511. The molecule has 0 radical (unpaired) electrons. The summed E-state index contributed by atoms with van der Waals surface area (Å²) in [5.74, 6) is 2.49. The van der Waals surface area contributed by atoms with Crippen LogP contribution in [0.1, 0.15) is 34.8 Å². The molecule has 0 fully saturated rings. The number of carbonyl (C=O) groups is 1. The van der Waals surface area contributed by atoms with Crippen LogP contribution in [0.2, 0.25) is 0 Å². The molecular formula is C18H20O3. The average Bonchev–Trinajstić information content (AvgIpc) is 2.50. The van der Waals surface area contributed by atoms with Gasteiger partial charge in [-0.05, 0) is 61.4 Å². The topological polar surface area (TPSA) is 35.5 Å². The zero-order valence-corrected chi connectivity index (χ0v) is 12.9. The van der Waals surface area contributed by atoms with Gasteiger partial charge in [-0.15, -0.1) is 0 Å². The molecule has 0 atom stereocenters. The first kappa shape index (κ1) is 15.1. The molecule has 3 heteroatoms. The number of benzene rings is 2. The molecule has 110 valence electrons. The Labute approximate surface area is 125 Å². The van der Waals surface area contributed by atoms with Crippen LogP contribution in [-0.4, -0.2) is 12.9 Å². The molecule has 0 bridgehead atoms. The highest BCUT2D eigenvalue weighted by Crippen LogP contribution is 2.31. The maximum absolute atomic E-state index is 11.8. The Hall–Kier alpha value is -2.29. The lowest BCUT2D eigenvalue weighted by Gasteiger charge is -2.13. The Morgan fingerprint density at radius 2 is 1.52 bits per heavy atom. The maximum Gasteiger partial charge on any atom is 0.162 e. The molecule has 21 heavy (non-hydrogen) atoms. The smallest absolute Gasteiger partial charge is 0.162 e. The van der Waals surface area contributed by atoms with Gasteiger partial charge in [0, 0.05) is 12.0 Å². The molecule has 3 nitrogen and oxygen atoms in total. The predicted octanol–water partition coefficient (Wildman–Crippen LogP) is 4.70. The number of rotatable bonds is 5. The highest BCUT2D eigenvalue weighted by atomic mass is 16.5. The van der Waals surface area contributed by atoms with Crippen molar-refractivity contribution in [3.05, 3.63) is 53.1 Å². The van der Waals surface area contributed by atoms with Crippen molar-refractivity contribution in [1.29, 1.82) is 0 Å². The van der Waals surface area contributed by atoms with Crippen LogP contribution in [-0.2, 0) is 0 Å². The van der Waals surface area contributed by atoms with Crippen LogP contribution in [0.25, 0.3) is 0 Å². The van der Waals surface area contributed by atoms with Gasteiger partial charge in [-0.1, -0.05) is 6.92 Å². The normalized spacial score (nSPS) is 10.3. The fourth-order valence-corrected chi connectivity index (χ4v) is 2.24. The summed E-state index contributed by atoms with van der Waals surface area (Å²) in [7, 11) is 1.63. The lowest BCUT2D eigenvalue weighted by Crippen LogP contribution is -2.00. The number of hydrogen-bond acceptors (Lipinski definition) is 3. The number of Topliss-reactive ketones (excluding diaryl/α,β-unsaturated/α-hetero) is 1. The van der Waals surface area contributed by atoms with Gasteiger partial charge in [-0.2, -0.15) is 0 Å². The van der Waals surface area contributed by atoms with E-state index in [-0.39, 0.29) is 5.78 Å². The standard InChI is InChI=1S/C18H20O3/c1-5-17(19)14-10-12(2)18(13(3)11-14)21-16-8-6-15(20-4)7-9-16/h6-11H,5H2,1-4H3. The predicted molar refractivity (Wildman–Crippen MR) is 83.6 cm³/mol. The number of hydrogen-bond donors (Lipinski definition) is 0. The minimum Gasteiger partial charge on any atom is -0.497 e. The quantitative estimate of drug-likeness (QED) is 0.747. The van der Waals surface area contributed by atoms with E-state index in [0.29, 0.717) is 6.42 Å². The Balaban J connectivity index is 2.29. The van der Waals surface area contributed by atoms with Crippen molar-refractivity contribution in [2.75, 3.05) is 7.11 Å². The molecule has 0 aromatic heterocycles. The third-order valence-corrected chi connectivity index (χ3v) is 3.38. The molecule has 0 amide bonds. The van der Waals surface area contributed by atoms with Gasteiger partial charge < -0.3 is 9.47 Å². The molecule has 0 saturated carbocycles. The third kappa shape index (κ3) is 3.43. The van der Waals surface area contributed by atoms with E-state index in [9.17, 15) is 4.79 Å². The number of methoxy groups -OCH3 is 1. The zero-order chi connectivity index (χ0) is 15.4.